The summed E-state index contributed by atoms with van der Waals surface area (Å²) < 4.78 is 5.26. The van der Waals surface area contributed by atoms with E-state index in [-0.39, 0.29) is 24.9 Å². The molecule has 2 aromatic carbocycles. The third-order valence-electron chi connectivity index (χ3n) is 3.82. The van der Waals surface area contributed by atoms with Crippen LogP contribution in [0.1, 0.15) is 5.56 Å². The number of nitrogens with one attached hydrogen (secondary N) is 3. The third-order valence-corrected chi connectivity index (χ3v) is 4.45. The second kappa shape index (κ2) is 10.2. The van der Waals surface area contributed by atoms with Crippen molar-refractivity contribution in [3.05, 3.63) is 58.1 Å². The van der Waals surface area contributed by atoms with Crippen molar-refractivity contribution in [2.24, 2.45) is 0 Å². The lowest BCUT2D eigenvalue weighted by molar-refractivity contribution is -0.862. The summed E-state index contributed by atoms with van der Waals surface area (Å²) in [6.07, 6.45) is 0. The molecule has 0 saturated heterocycles. The van der Waals surface area contributed by atoms with Crippen LogP contribution in [-0.4, -0.2) is 39.1 Å². The number of methoxy groups -OCH3 is 1. The van der Waals surface area contributed by atoms with Gasteiger partial charge in [-0.05, 0) is 18.2 Å². The highest BCUT2D eigenvalue weighted by Crippen LogP contribution is 2.29. The van der Waals surface area contributed by atoms with Crippen molar-refractivity contribution in [3.63, 3.8) is 0 Å². The summed E-state index contributed by atoms with van der Waals surface area (Å²) in [5.41, 5.74) is 1.26. The number of carbonyl (C=O) groups is 2. The lowest BCUT2D eigenvalue weighted by atomic mass is 10.2. The van der Waals surface area contributed by atoms with E-state index in [4.69, 9.17) is 27.9 Å². The Morgan fingerprint density at radius 2 is 1.63 bits per heavy atom. The zero-order valence-electron chi connectivity index (χ0n) is 15.1. The van der Waals surface area contributed by atoms with Gasteiger partial charge in [0.15, 0.2) is 13.1 Å². The van der Waals surface area contributed by atoms with Gasteiger partial charge in [-0.1, -0.05) is 47.5 Å². The Bertz CT molecular complexity index is 794. The summed E-state index contributed by atoms with van der Waals surface area (Å²) in [6, 6.07) is 12.5. The molecule has 3 N–H and O–H groups in total. The molecule has 0 heterocycles. The lowest BCUT2D eigenvalue weighted by Gasteiger charge is -2.15. The standard InChI is InChI=1S/C19H21Cl2N3O3/c1-24(12-18(26)23-19-14(20)7-5-8-15(19)21)11-17(25)22-10-13-6-3-4-9-16(13)27-2/h3-9H,10-12H2,1-2H3,(H,22,25)(H,23,26)/p+1. The molecular weight excluding hydrogens is 389 g/mol. The number of hydrogen-bond donors (Lipinski definition) is 3. The third kappa shape index (κ3) is 6.43. The average Bonchev–Trinajstić information content (AvgIpc) is 2.63. The van der Waals surface area contributed by atoms with Crippen LogP contribution in [0.3, 0.4) is 0 Å². The molecule has 8 heteroatoms. The highest BCUT2D eigenvalue weighted by atomic mass is 35.5. The Morgan fingerprint density at radius 3 is 2.30 bits per heavy atom. The molecule has 0 fully saturated rings. The fraction of sp³-hybridized carbons (Fsp3) is 0.263. The zero-order chi connectivity index (χ0) is 19.8. The van der Waals surface area contributed by atoms with E-state index in [9.17, 15) is 9.59 Å². The zero-order valence-corrected chi connectivity index (χ0v) is 16.7. The first kappa shape index (κ1) is 21.0. The number of halogens is 2. The van der Waals surface area contributed by atoms with Crippen LogP contribution in [-0.2, 0) is 16.1 Å². The smallest absolute Gasteiger partial charge is 0.279 e. The fourth-order valence-corrected chi connectivity index (χ4v) is 3.01. The van der Waals surface area contributed by atoms with Crippen molar-refractivity contribution in [3.8, 4) is 5.75 Å². The van der Waals surface area contributed by atoms with Crippen molar-refractivity contribution in [2.75, 3.05) is 32.6 Å². The first-order valence-corrected chi connectivity index (χ1v) is 9.10. The van der Waals surface area contributed by atoms with Crippen LogP contribution in [0, 0.1) is 0 Å². The molecule has 0 bridgehead atoms. The highest BCUT2D eigenvalue weighted by Gasteiger charge is 2.16. The minimum absolute atomic E-state index is 0.101. The summed E-state index contributed by atoms with van der Waals surface area (Å²) in [4.78, 5) is 25.0. The minimum atomic E-state index is -0.278. The van der Waals surface area contributed by atoms with Gasteiger partial charge in [0, 0.05) is 12.1 Å². The van der Waals surface area contributed by atoms with E-state index in [1.165, 1.54) is 0 Å². The molecule has 1 unspecified atom stereocenters. The topological polar surface area (TPSA) is 71.9 Å². The van der Waals surface area contributed by atoms with Crippen LogP contribution in [0.5, 0.6) is 5.75 Å². The molecule has 0 aliphatic heterocycles. The van der Waals surface area contributed by atoms with Gasteiger partial charge < -0.3 is 20.3 Å². The second-order valence-electron chi connectivity index (χ2n) is 6.04. The second-order valence-corrected chi connectivity index (χ2v) is 6.86. The number of ether oxygens (including phenoxy) is 1. The number of likely N-dealkylation sites (N-methyl/N-ethyl adjacent to an activating group) is 1. The van der Waals surface area contributed by atoms with Crippen LogP contribution in [0.15, 0.2) is 42.5 Å². The van der Waals surface area contributed by atoms with Gasteiger partial charge in [-0.3, -0.25) is 9.59 Å². The molecule has 27 heavy (non-hydrogen) atoms. The molecular formula is C19H22Cl2N3O3+. The maximum absolute atomic E-state index is 12.2. The monoisotopic (exact) mass is 410 g/mol. The Morgan fingerprint density at radius 1 is 1.00 bits per heavy atom. The average molecular weight is 411 g/mol. The molecule has 2 rings (SSSR count). The van der Waals surface area contributed by atoms with Crippen LogP contribution in [0.25, 0.3) is 0 Å². The fourth-order valence-electron chi connectivity index (χ4n) is 2.52. The van der Waals surface area contributed by atoms with Gasteiger partial charge in [-0.25, -0.2) is 0 Å². The number of quaternary nitrogens is 1. The van der Waals surface area contributed by atoms with Crippen LogP contribution >= 0.6 is 23.2 Å². The van der Waals surface area contributed by atoms with Gasteiger partial charge in [-0.15, -0.1) is 0 Å². The Labute approximate surface area is 168 Å². The van der Waals surface area contributed by atoms with Gasteiger partial charge in [-0.2, -0.15) is 0 Å². The summed E-state index contributed by atoms with van der Waals surface area (Å²) in [7, 11) is 3.35. The molecule has 6 nitrogen and oxygen atoms in total. The van der Waals surface area contributed by atoms with E-state index in [0.29, 0.717) is 22.3 Å². The number of benzene rings is 2. The van der Waals surface area contributed by atoms with E-state index in [1.54, 1.807) is 32.4 Å². The van der Waals surface area contributed by atoms with Gasteiger partial charge in [0.2, 0.25) is 0 Å². The molecule has 1 atom stereocenters. The number of rotatable bonds is 8. The molecule has 0 aliphatic carbocycles. The van der Waals surface area contributed by atoms with Gasteiger partial charge in [0.1, 0.15) is 5.75 Å². The molecule has 0 spiro atoms. The summed E-state index contributed by atoms with van der Waals surface area (Å²) in [5.74, 6) is 0.275. The quantitative estimate of drug-likeness (QED) is 0.620. The van der Waals surface area contributed by atoms with Crippen LogP contribution in [0.2, 0.25) is 10.0 Å². The molecule has 2 amide bonds. The van der Waals surface area contributed by atoms with E-state index in [0.717, 1.165) is 16.2 Å². The Balaban J connectivity index is 1.81. The number of amides is 2. The van der Waals surface area contributed by atoms with Crippen molar-refractivity contribution < 1.29 is 19.2 Å². The van der Waals surface area contributed by atoms with Crippen molar-refractivity contribution >= 4 is 40.7 Å². The van der Waals surface area contributed by atoms with Crippen LogP contribution < -0.4 is 20.3 Å². The molecule has 0 aromatic heterocycles. The van der Waals surface area contributed by atoms with E-state index in [2.05, 4.69) is 10.6 Å². The first-order valence-electron chi connectivity index (χ1n) is 8.34. The minimum Gasteiger partial charge on any atom is -0.496 e. The predicted octanol–water partition coefficient (Wildman–Crippen LogP) is 1.77. The van der Waals surface area contributed by atoms with Gasteiger partial charge in [0.25, 0.3) is 11.8 Å². The van der Waals surface area contributed by atoms with Crippen LogP contribution in [0.4, 0.5) is 5.69 Å². The number of carbonyl (C=O) groups excluding carboxylic acids is 2. The van der Waals surface area contributed by atoms with E-state index < -0.39 is 0 Å². The maximum atomic E-state index is 12.2. The predicted molar refractivity (Wildman–Crippen MR) is 107 cm³/mol. The number of anilines is 1. The first-order chi connectivity index (χ1) is 12.9. The number of para-hydroxylation sites is 2. The lowest BCUT2D eigenvalue weighted by Crippen LogP contribution is -3.11. The van der Waals surface area contributed by atoms with E-state index >= 15 is 0 Å². The normalized spacial score (nSPS) is 11.6. The highest BCUT2D eigenvalue weighted by molar-refractivity contribution is 6.39. The summed E-state index contributed by atoms with van der Waals surface area (Å²) in [5, 5.41) is 6.24. The Kier molecular flexibility index (Phi) is 7.91. The van der Waals surface area contributed by atoms with E-state index in [1.807, 2.05) is 24.3 Å². The molecule has 2 aromatic rings. The molecule has 0 aliphatic rings. The van der Waals surface area contributed by atoms with Crippen molar-refractivity contribution in [2.45, 2.75) is 6.54 Å². The molecule has 0 radical (unpaired) electrons. The molecule has 144 valence electrons. The largest absolute Gasteiger partial charge is 0.496 e. The van der Waals surface area contributed by atoms with Gasteiger partial charge in [0.05, 0.1) is 29.9 Å². The SMILES string of the molecule is COc1ccccc1CNC(=O)C[NH+](C)CC(=O)Nc1c(Cl)cccc1Cl. The number of hydrogen-bond acceptors (Lipinski definition) is 3. The van der Waals surface area contributed by atoms with Gasteiger partial charge >= 0.3 is 0 Å². The molecule has 0 saturated carbocycles. The summed E-state index contributed by atoms with van der Waals surface area (Å²) >= 11 is 12.1. The van der Waals surface area contributed by atoms with Crippen molar-refractivity contribution in [1.29, 1.82) is 0 Å². The van der Waals surface area contributed by atoms with Crippen molar-refractivity contribution in [1.82, 2.24) is 5.32 Å². The maximum Gasteiger partial charge on any atom is 0.279 e. The summed E-state index contributed by atoms with van der Waals surface area (Å²) in [6.45, 7) is 0.611. The Hall–Kier alpha value is -2.28.